The molecule has 0 fully saturated rings. The number of anilines is 1. The Balaban J connectivity index is 1.56. The van der Waals surface area contributed by atoms with E-state index in [2.05, 4.69) is 31.2 Å². The van der Waals surface area contributed by atoms with Crippen LogP contribution in [0.25, 0.3) is 11.0 Å². The van der Waals surface area contributed by atoms with Crippen LogP contribution in [0.15, 0.2) is 65.1 Å². The fourth-order valence-corrected chi connectivity index (χ4v) is 3.45. The molecule has 3 aromatic carbocycles. The number of halogens is 3. The normalized spacial score (nSPS) is 11.0. The number of hydrogen-bond acceptors (Lipinski definition) is 2. The third kappa shape index (κ3) is 3.80. The number of fused-ring (bicyclic) bond motifs is 1. The molecule has 7 heteroatoms. The summed E-state index contributed by atoms with van der Waals surface area (Å²) in [5.74, 6) is -0.437. The van der Waals surface area contributed by atoms with E-state index in [1.165, 1.54) is 24.3 Å². The van der Waals surface area contributed by atoms with E-state index >= 15 is 0 Å². The van der Waals surface area contributed by atoms with Gasteiger partial charge in [0.2, 0.25) is 0 Å². The zero-order chi connectivity index (χ0) is 19.7. The number of carbonyl (C=O) groups excluding carboxylic acids is 1. The minimum atomic E-state index is -0.426. The number of amides is 1. The standard InChI is InChI=1S/C21H14BrF2N3O/c22-16-10-13(23)5-7-15(16)21(28)25-14-6-8-18-19(11-14)27-20(26-18)9-12-3-1-2-4-17(12)24/h1-8,10-11H,9H2,(H,25,28)(H,26,27). The summed E-state index contributed by atoms with van der Waals surface area (Å²) in [6.45, 7) is 0. The van der Waals surface area contributed by atoms with Gasteiger partial charge < -0.3 is 10.3 Å². The molecule has 0 aliphatic heterocycles. The number of nitrogens with one attached hydrogen (secondary N) is 2. The molecule has 0 spiro atoms. The highest BCUT2D eigenvalue weighted by molar-refractivity contribution is 9.10. The molecule has 0 saturated carbocycles. The molecule has 2 N–H and O–H groups in total. The molecule has 4 nitrogen and oxygen atoms in total. The van der Waals surface area contributed by atoms with E-state index in [9.17, 15) is 13.6 Å². The van der Waals surface area contributed by atoms with Crippen molar-refractivity contribution in [2.24, 2.45) is 0 Å². The van der Waals surface area contributed by atoms with Crippen molar-refractivity contribution in [1.82, 2.24) is 9.97 Å². The Morgan fingerprint density at radius 3 is 2.68 bits per heavy atom. The van der Waals surface area contributed by atoms with Crippen LogP contribution in [0.1, 0.15) is 21.7 Å². The van der Waals surface area contributed by atoms with E-state index < -0.39 is 5.82 Å². The Labute approximate surface area is 167 Å². The van der Waals surface area contributed by atoms with E-state index in [1.807, 2.05) is 0 Å². The van der Waals surface area contributed by atoms with Gasteiger partial charge in [-0.1, -0.05) is 18.2 Å². The molecule has 1 amide bonds. The van der Waals surface area contributed by atoms with Crippen LogP contribution in [0.5, 0.6) is 0 Å². The van der Waals surface area contributed by atoms with E-state index in [-0.39, 0.29) is 11.7 Å². The number of H-pyrrole nitrogens is 1. The molecule has 0 bridgehead atoms. The Hall–Kier alpha value is -3.06. The molecule has 0 unspecified atom stereocenters. The second-order valence-corrected chi connectivity index (χ2v) is 7.12. The molecule has 0 aliphatic carbocycles. The van der Waals surface area contributed by atoms with Gasteiger partial charge in [-0.25, -0.2) is 13.8 Å². The van der Waals surface area contributed by atoms with E-state index in [1.54, 1.807) is 36.4 Å². The molecular weight excluding hydrogens is 428 g/mol. The van der Waals surface area contributed by atoms with Crippen molar-refractivity contribution in [3.05, 3.63) is 93.7 Å². The van der Waals surface area contributed by atoms with Gasteiger partial charge in [0, 0.05) is 16.6 Å². The van der Waals surface area contributed by atoms with Crippen LogP contribution in [0, 0.1) is 11.6 Å². The van der Waals surface area contributed by atoms with Crippen molar-refractivity contribution in [1.29, 1.82) is 0 Å². The SMILES string of the molecule is O=C(Nc1ccc2nc(Cc3ccccc3F)[nH]c2c1)c1ccc(F)cc1Br. The topological polar surface area (TPSA) is 57.8 Å². The van der Waals surface area contributed by atoms with Crippen LogP contribution < -0.4 is 5.32 Å². The summed E-state index contributed by atoms with van der Waals surface area (Å²) in [4.78, 5) is 20.1. The van der Waals surface area contributed by atoms with E-state index in [0.717, 1.165) is 5.52 Å². The van der Waals surface area contributed by atoms with Crippen LogP contribution in [0.4, 0.5) is 14.5 Å². The minimum Gasteiger partial charge on any atom is -0.342 e. The Morgan fingerprint density at radius 1 is 1.07 bits per heavy atom. The Bertz CT molecular complexity index is 1190. The molecule has 0 aliphatic rings. The van der Waals surface area contributed by atoms with Crippen LogP contribution in [0.2, 0.25) is 0 Å². The van der Waals surface area contributed by atoms with Crippen molar-refractivity contribution in [2.45, 2.75) is 6.42 Å². The van der Waals surface area contributed by atoms with E-state index in [4.69, 9.17) is 0 Å². The largest absolute Gasteiger partial charge is 0.342 e. The number of nitrogens with zero attached hydrogens (tertiary/aromatic N) is 1. The quantitative estimate of drug-likeness (QED) is 0.442. The van der Waals surface area contributed by atoms with Gasteiger partial charge in [-0.3, -0.25) is 4.79 Å². The molecule has 1 heterocycles. The second kappa shape index (κ2) is 7.52. The fourth-order valence-electron chi connectivity index (χ4n) is 2.92. The van der Waals surface area contributed by atoms with Crippen LogP contribution in [0.3, 0.4) is 0 Å². The van der Waals surface area contributed by atoms with Gasteiger partial charge in [0.05, 0.1) is 16.6 Å². The zero-order valence-electron chi connectivity index (χ0n) is 14.5. The number of rotatable bonds is 4. The lowest BCUT2D eigenvalue weighted by molar-refractivity contribution is 0.102. The lowest BCUT2D eigenvalue weighted by Gasteiger charge is -2.07. The highest BCUT2D eigenvalue weighted by Gasteiger charge is 2.12. The van der Waals surface area contributed by atoms with E-state index in [0.29, 0.717) is 39.0 Å². The number of imidazole rings is 1. The van der Waals surface area contributed by atoms with Crippen molar-refractivity contribution < 1.29 is 13.6 Å². The van der Waals surface area contributed by atoms with Crippen LogP contribution in [-0.2, 0) is 6.42 Å². The number of benzene rings is 3. The maximum Gasteiger partial charge on any atom is 0.256 e. The van der Waals surface area contributed by atoms with Crippen molar-refractivity contribution in [3.8, 4) is 0 Å². The third-order valence-electron chi connectivity index (χ3n) is 4.28. The highest BCUT2D eigenvalue weighted by atomic mass is 79.9. The number of hydrogen-bond donors (Lipinski definition) is 2. The monoisotopic (exact) mass is 441 g/mol. The van der Waals surface area contributed by atoms with Gasteiger partial charge in [0.15, 0.2) is 0 Å². The summed E-state index contributed by atoms with van der Waals surface area (Å²) < 4.78 is 27.4. The average molecular weight is 442 g/mol. The smallest absolute Gasteiger partial charge is 0.256 e. The Morgan fingerprint density at radius 2 is 1.89 bits per heavy atom. The van der Waals surface area contributed by atoms with Crippen molar-refractivity contribution in [3.63, 3.8) is 0 Å². The lowest BCUT2D eigenvalue weighted by Crippen LogP contribution is -2.12. The summed E-state index contributed by atoms with van der Waals surface area (Å²) in [6.07, 6.45) is 0.339. The number of carbonyl (C=O) groups is 1. The molecule has 0 saturated heterocycles. The van der Waals surface area contributed by atoms with Gasteiger partial charge in [0.1, 0.15) is 17.5 Å². The van der Waals surface area contributed by atoms with Gasteiger partial charge in [-0.05, 0) is 64.0 Å². The molecule has 4 aromatic rings. The molecule has 28 heavy (non-hydrogen) atoms. The zero-order valence-corrected chi connectivity index (χ0v) is 16.1. The predicted octanol–water partition coefficient (Wildman–Crippen LogP) is 5.45. The molecular formula is C21H14BrF2N3O. The summed E-state index contributed by atoms with van der Waals surface area (Å²) in [7, 11) is 0. The average Bonchev–Trinajstić information content (AvgIpc) is 3.05. The highest BCUT2D eigenvalue weighted by Crippen LogP contribution is 2.22. The summed E-state index contributed by atoms with van der Waals surface area (Å²) >= 11 is 3.19. The Kier molecular flexibility index (Phi) is 4.92. The summed E-state index contributed by atoms with van der Waals surface area (Å²) in [5.41, 5.74) is 2.88. The summed E-state index contributed by atoms with van der Waals surface area (Å²) in [5, 5.41) is 2.78. The van der Waals surface area contributed by atoms with Crippen LogP contribution >= 0.6 is 15.9 Å². The number of aromatic amines is 1. The first kappa shape index (κ1) is 18.3. The van der Waals surface area contributed by atoms with Gasteiger partial charge in [-0.15, -0.1) is 0 Å². The first-order chi connectivity index (χ1) is 13.5. The maximum atomic E-state index is 13.8. The van der Waals surface area contributed by atoms with Crippen molar-refractivity contribution >= 4 is 38.6 Å². The minimum absolute atomic E-state index is 0.277. The molecule has 4 rings (SSSR count). The second-order valence-electron chi connectivity index (χ2n) is 6.26. The lowest BCUT2D eigenvalue weighted by atomic mass is 10.1. The molecule has 0 radical (unpaired) electrons. The maximum absolute atomic E-state index is 13.8. The first-order valence-corrected chi connectivity index (χ1v) is 9.27. The van der Waals surface area contributed by atoms with Crippen LogP contribution in [-0.4, -0.2) is 15.9 Å². The van der Waals surface area contributed by atoms with Crippen molar-refractivity contribution in [2.75, 3.05) is 5.32 Å². The molecule has 140 valence electrons. The molecule has 0 atom stereocenters. The van der Waals surface area contributed by atoms with Gasteiger partial charge in [0.25, 0.3) is 5.91 Å². The fraction of sp³-hybridized carbons (Fsp3) is 0.0476. The predicted molar refractivity (Wildman–Crippen MR) is 107 cm³/mol. The van der Waals surface area contributed by atoms with Gasteiger partial charge >= 0.3 is 0 Å². The summed E-state index contributed by atoms with van der Waals surface area (Å²) in [6, 6.07) is 15.7. The number of aromatic nitrogens is 2. The first-order valence-electron chi connectivity index (χ1n) is 8.48. The molecule has 1 aromatic heterocycles. The third-order valence-corrected chi connectivity index (χ3v) is 4.94. The van der Waals surface area contributed by atoms with Gasteiger partial charge in [-0.2, -0.15) is 0 Å².